The summed E-state index contributed by atoms with van der Waals surface area (Å²) in [4.78, 5) is 14.2. The molecule has 0 atom stereocenters. The summed E-state index contributed by atoms with van der Waals surface area (Å²) in [6.45, 7) is 2.39. The molecule has 0 saturated heterocycles. The van der Waals surface area contributed by atoms with Crippen molar-refractivity contribution < 1.29 is 13.6 Å². The van der Waals surface area contributed by atoms with Gasteiger partial charge in [-0.2, -0.15) is 0 Å². The van der Waals surface area contributed by atoms with Gasteiger partial charge in [0.2, 0.25) is 5.91 Å². The minimum atomic E-state index is 0.0623. The highest BCUT2D eigenvalue weighted by Gasteiger charge is 2.18. The van der Waals surface area contributed by atoms with Crippen LogP contribution in [0.1, 0.15) is 34.6 Å². The van der Waals surface area contributed by atoms with Crippen LogP contribution in [0.2, 0.25) is 0 Å². The molecule has 1 aliphatic rings. The monoisotopic (exact) mass is 323 g/mol. The molecule has 4 heteroatoms. The minimum absolute atomic E-state index is 0.0623. The quantitative estimate of drug-likeness (QED) is 0.728. The average Bonchev–Trinajstić information content (AvgIpc) is 3.26. The van der Waals surface area contributed by atoms with Gasteiger partial charge in [-0.25, -0.2) is 0 Å². The molecule has 1 aliphatic carbocycles. The maximum atomic E-state index is 12.5. The van der Waals surface area contributed by atoms with Gasteiger partial charge in [0.15, 0.2) is 0 Å². The van der Waals surface area contributed by atoms with Gasteiger partial charge in [0.25, 0.3) is 0 Å². The normalized spacial score (nSPS) is 13.4. The number of aryl methyl sites for hydroxylation is 3. The van der Waals surface area contributed by atoms with Crippen LogP contribution in [0.3, 0.4) is 0 Å². The number of amides is 1. The van der Waals surface area contributed by atoms with Crippen molar-refractivity contribution in [3.8, 4) is 0 Å². The maximum Gasteiger partial charge on any atom is 0.227 e. The highest BCUT2D eigenvalue weighted by Crippen LogP contribution is 2.30. The van der Waals surface area contributed by atoms with E-state index in [9.17, 15) is 4.79 Å². The van der Waals surface area contributed by atoms with Crippen molar-refractivity contribution in [2.45, 2.75) is 39.2 Å². The number of likely N-dealkylation sites (N-methyl/N-ethyl adjacent to an activating group) is 1. The Labute approximate surface area is 141 Å². The number of benzene rings is 1. The van der Waals surface area contributed by atoms with Gasteiger partial charge in [-0.05, 0) is 61.6 Å². The van der Waals surface area contributed by atoms with Gasteiger partial charge in [-0.1, -0.05) is 0 Å². The smallest absolute Gasteiger partial charge is 0.227 e. The fraction of sp³-hybridized carbons (Fsp3) is 0.350. The van der Waals surface area contributed by atoms with Gasteiger partial charge in [-0.3, -0.25) is 4.79 Å². The largest absolute Gasteiger partial charge is 0.464 e. The number of hydrogen-bond donors (Lipinski definition) is 0. The van der Waals surface area contributed by atoms with Crippen LogP contribution in [0, 0.1) is 6.92 Å². The standard InChI is InChI=1S/C20H21NO3/c1-13-6-7-17(24-13)11-21(2)20(22)10-16-12-23-19-9-15-5-3-4-14(15)8-18(16)19/h6-9,12H,3-5,10-11H2,1-2H3. The van der Waals surface area contributed by atoms with Gasteiger partial charge >= 0.3 is 0 Å². The average molecular weight is 323 g/mol. The highest BCUT2D eigenvalue weighted by atomic mass is 16.3. The van der Waals surface area contributed by atoms with E-state index in [2.05, 4.69) is 12.1 Å². The Bertz CT molecular complexity index is 903. The van der Waals surface area contributed by atoms with Crippen molar-refractivity contribution in [1.29, 1.82) is 0 Å². The lowest BCUT2D eigenvalue weighted by Gasteiger charge is -2.15. The van der Waals surface area contributed by atoms with E-state index in [1.54, 1.807) is 18.2 Å². The summed E-state index contributed by atoms with van der Waals surface area (Å²) in [5, 5.41) is 1.08. The van der Waals surface area contributed by atoms with Gasteiger partial charge in [0, 0.05) is 18.0 Å². The van der Waals surface area contributed by atoms with Gasteiger partial charge in [0.05, 0.1) is 19.2 Å². The van der Waals surface area contributed by atoms with E-state index >= 15 is 0 Å². The van der Waals surface area contributed by atoms with Crippen LogP contribution in [0.15, 0.2) is 39.4 Å². The number of fused-ring (bicyclic) bond motifs is 2. The lowest BCUT2D eigenvalue weighted by molar-refractivity contribution is -0.129. The number of carbonyl (C=O) groups is 1. The van der Waals surface area contributed by atoms with Crippen molar-refractivity contribution in [2.75, 3.05) is 7.05 Å². The molecule has 0 radical (unpaired) electrons. The summed E-state index contributed by atoms with van der Waals surface area (Å²) in [6.07, 6.45) is 5.54. The number of furan rings is 2. The molecule has 0 spiro atoms. The molecular weight excluding hydrogens is 302 g/mol. The predicted octanol–water partition coefficient (Wildman–Crippen LogP) is 4.02. The van der Waals surface area contributed by atoms with Crippen molar-refractivity contribution in [3.05, 3.63) is 58.7 Å². The molecule has 2 aromatic heterocycles. The van der Waals surface area contributed by atoms with Crippen molar-refractivity contribution in [1.82, 2.24) is 4.90 Å². The van der Waals surface area contributed by atoms with E-state index in [0.717, 1.165) is 40.9 Å². The third kappa shape index (κ3) is 2.73. The van der Waals surface area contributed by atoms with Crippen molar-refractivity contribution in [3.63, 3.8) is 0 Å². The molecule has 124 valence electrons. The van der Waals surface area contributed by atoms with Crippen LogP contribution in [-0.2, 0) is 30.6 Å². The second-order valence-corrected chi connectivity index (χ2v) is 6.67. The molecule has 0 unspecified atom stereocenters. The molecule has 1 amide bonds. The van der Waals surface area contributed by atoms with E-state index in [0.29, 0.717) is 13.0 Å². The van der Waals surface area contributed by atoms with Gasteiger partial charge < -0.3 is 13.7 Å². The first-order valence-corrected chi connectivity index (χ1v) is 8.41. The van der Waals surface area contributed by atoms with E-state index in [1.165, 1.54) is 17.5 Å². The third-order valence-corrected chi connectivity index (χ3v) is 4.82. The summed E-state index contributed by atoms with van der Waals surface area (Å²) in [5.74, 6) is 1.73. The number of nitrogens with zero attached hydrogens (tertiary/aromatic N) is 1. The molecular formula is C20H21NO3. The molecule has 0 aliphatic heterocycles. The Kier molecular flexibility index (Phi) is 3.68. The number of carbonyl (C=O) groups excluding carboxylic acids is 1. The second-order valence-electron chi connectivity index (χ2n) is 6.67. The SMILES string of the molecule is Cc1ccc(CN(C)C(=O)Cc2coc3cc4c(cc23)CCC4)o1. The van der Waals surface area contributed by atoms with Crippen LogP contribution >= 0.6 is 0 Å². The number of rotatable bonds is 4. The third-order valence-electron chi connectivity index (χ3n) is 4.82. The summed E-state index contributed by atoms with van der Waals surface area (Å²) in [6, 6.07) is 8.17. The van der Waals surface area contributed by atoms with E-state index in [4.69, 9.17) is 8.83 Å². The summed E-state index contributed by atoms with van der Waals surface area (Å²) in [5.41, 5.74) is 4.65. The first kappa shape index (κ1) is 15.1. The molecule has 24 heavy (non-hydrogen) atoms. The molecule has 0 saturated carbocycles. The summed E-state index contributed by atoms with van der Waals surface area (Å²) in [7, 11) is 1.81. The molecule has 4 rings (SSSR count). The van der Waals surface area contributed by atoms with Crippen LogP contribution in [0.5, 0.6) is 0 Å². The topological polar surface area (TPSA) is 46.6 Å². The van der Waals surface area contributed by atoms with Crippen LogP contribution in [0.4, 0.5) is 0 Å². The van der Waals surface area contributed by atoms with E-state index in [1.807, 2.05) is 19.1 Å². The van der Waals surface area contributed by atoms with E-state index < -0.39 is 0 Å². The molecule has 0 bridgehead atoms. The molecule has 2 heterocycles. The Morgan fingerprint density at radius 3 is 2.75 bits per heavy atom. The maximum absolute atomic E-state index is 12.5. The van der Waals surface area contributed by atoms with Crippen molar-refractivity contribution in [2.24, 2.45) is 0 Å². The lowest BCUT2D eigenvalue weighted by Crippen LogP contribution is -2.27. The second kappa shape index (κ2) is 5.86. The van der Waals surface area contributed by atoms with Crippen LogP contribution in [-0.4, -0.2) is 17.9 Å². The van der Waals surface area contributed by atoms with Gasteiger partial charge in [0.1, 0.15) is 17.1 Å². The molecule has 0 fully saturated rings. The van der Waals surface area contributed by atoms with E-state index in [-0.39, 0.29) is 5.91 Å². The first-order chi connectivity index (χ1) is 11.6. The minimum Gasteiger partial charge on any atom is -0.464 e. The van der Waals surface area contributed by atoms with Crippen LogP contribution in [0.25, 0.3) is 11.0 Å². The zero-order chi connectivity index (χ0) is 16.7. The molecule has 1 aromatic carbocycles. The highest BCUT2D eigenvalue weighted by molar-refractivity contribution is 5.88. The van der Waals surface area contributed by atoms with Crippen LogP contribution < -0.4 is 0 Å². The Balaban J connectivity index is 1.52. The number of hydrogen-bond acceptors (Lipinski definition) is 3. The zero-order valence-corrected chi connectivity index (χ0v) is 14.1. The van der Waals surface area contributed by atoms with Crippen molar-refractivity contribution >= 4 is 16.9 Å². The Morgan fingerprint density at radius 1 is 1.21 bits per heavy atom. The fourth-order valence-corrected chi connectivity index (χ4v) is 3.47. The first-order valence-electron chi connectivity index (χ1n) is 8.41. The predicted molar refractivity (Wildman–Crippen MR) is 91.9 cm³/mol. The van der Waals surface area contributed by atoms with Gasteiger partial charge in [-0.15, -0.1) is 0 Å². The summed E-state index contributed by atoms with van der Waals surface area (Å²) < 4.78 is 11.2. The lowest BCUT2D eigenvalue weighted by atomic mass is 10.0. The molecule has 3 aromatic rings. The fourth-order valence-electron chi connectivity index (χ4n) is 3.47. The summed E-state index contributed by atoms with van der Waals surface area (Å²) >= 11 is 0. The molecule has 0 N–H and O–H groups in total. The Hall–Kier alpha value is -2.49. The Morgan fingerprint density at radius 2 is 2.00 bits per heavy atom. The zero-order valence-electron chi connectivity index (χ0n) is 14.1. The molecule has 4 nitrogen and oxygen atoms in total.